The van der Waals surface area contributed by atoms with Gasteiger partial charge in [0, 0.05) is 38.3 Å². The minimum Gasteiger partial charge on any atom is -0.364 e. The zero-order chi connectivity index (χ0) is 15.0. The fraction of sp³-hybridized carbons (Fsp3) is 0.714. The Bertz CT molecular complexity index is 378. The fourth-order valence-electron chi connectivity index (χ4n) is 2.14. The molecule has 0 fully saturated rings. The van der Waals surface area contributed by atoms with E-state index in [-0.39, 0.29) is 0 Å². The van der Waals surface area contributed by atoms with Gasteiger partial charge in [0.05, 0.1) is 6.54 Å². The molecular weight excluding hydrogens is 254 g/mol. The largest absolute Gasteiger partial charge is 0.364 e. The van der Waals surface area contributed by atoms with Crippen molar-refractivity contribution in [3.8, 4) is 0 Å². The molecule has 1 aromatic heterocycles. The van der Waals surface area contributed by atoms with E-state index in [4.69, 9.17) is 4.52 Å². The van der Waals surface area contributed by atoms with Gasteiger partial charge in [0.1, 0.15) is 12.0 Å². The number of hydrogen-bond donors (Lipinski definition) is 2. The lowest BCUT2D eigenvalue weighted by Gasteiger charge is -2.30. The molecule has 1 heterocycles. The molecule has 0 amide bonds. The summed E-state index contributed by atoms with van der Waals surface area (Å²) < 4.78 is 4.79. The van der Waals surface area contributed by atoms with E-state index in [9.17, 15) is 0 Å². The highest BCUT2D eigenvalue weighted by atomic mass is 16.5. The molecule has 2 N–H and O–H groups in total. The average Bonchev–Trinajstić information content (AvgIpc) is 2.90. The first kappa shape index (κ1) is 16.5. The van der Waals surface area contributed by atoms with Crippen molar-refractivity contribution in [3.63, 3.8) is 0 Å². The van der Waals surface area contributed by atoms with Crippen LogP contribution in [0, 0.1) is 0 Å². The predicted octanol–water partition coefficient (Wildman–Crippen LogP) is 1.46. The normalized spacial score (nSPS) is 12.5. The lowest BCUT2D eigenvalue weighted by Crippen LogP contribution is -2.45. The number of nitrogens with zero attached hydrogens (tertiary/aromatic N) is 3. The van der Waals surface area contributed by atoms with Crippen LogP contribution in [-0.4, -0.2) is 48.2 Å². The van der Waals surface area contributed by atoms with Gasteiger partial charge in [0.15, 0.2) is 5.96 Å². The van der Waals surface area contributed by atoms with Gasteiger partial charge in [0.25, 0.3) is 0 Å². The molecule has 6 heteroatoms. The molecule has 1 aromatic rings. The van der Waals surface area contributed by atoms with Crippen LogP contribution in [0.2, 0.25) is 0 Å². The molecule has 0 bridgehead atoms. The second kappa shape index (κ2) is 8.58. The van der Waals surface area contributed by atoms with Gasteiger partial charge in [-0.1, -0.05) is 5.16 Å². The molecule has 0 aliphatic carbocycles. The van der Waals surface area contributed by atoms with Crippen LogP contribution in [0.15, 0.2) is 21.8 Å². The van der Waals surface area contributed by atoms with Gasteiger partial charge in [-0.15, -0.1) is 0 Å². The van der Waals surface area contributed by atoms with Crippen molar-refractivity contribution in [1.82, 2.24) is 20.7 Å². The molecule has 6 nitrogen and oxygen atoms in total. The Labute approximate surface area is 121 Å². The Morgan fingerprint density at radius 1 is 1.30 bits per heavy atom. The Morgan fingerprint density at radius 2 is 2.00 bits per heavy atom. The van der Waals surface area contributed by atoms with Crippen molar-refractivity contribution in [2.75, 3.05) is 20.1 Å². The van der Waals surface area contributed by atoms with Crippen LogP contribution in [-0.2, 0) is 6.54 Å². The van der Waals surface area contributed by atoms with Crippen LogP contribution < -0.4 is 10.6 Å². The van der Waals surface area contributed by atoms with E-state index < -0.39 is 0 Å². The highest BCUT2D eigenvalue weighted by Gasteiger charge is 2.12. The van der Waals surface area contributed by atoms with Gasteiger partial charge >= 0.3 is 0 Å². The van der Waals surface area contributed by atoms with Gasteiger partial charge in [0.2, 0.25) is 0 Å². The molecule has 0 saturated heterocycles. The summed E-state index contributed by atoms with van der Waals surface area (Å²) in [6.45, 7) is 11.3. The maximum absolute atomic E-state index is 4.79. The third kappa shape index (κ3) is 5.61. The molecule has 0 aliphatic rings. The minimum absolute atomic E-state index is 0.543. The summed E-state index contributed by atoms with van der Waals surface area (Å²) in [4.78, 5) is 6.63. The van der Waals surface area contributed by atoms with Crippen LogP contribution in [0.3, 0.4) is 0 Å². The fourth-order valence-corrected chi connectivity index (χ4v) is 2.14. The minimum atomic E-state index is 0.543. The molecule has 0 spiro atoms. The summed E-state index contributed by atoms with van der Waals surface area (Å²) in [6.07, 6.45) is 1.57. The van der Waals surface area contributed by atoms with Crippen molar-refractivity contribution in [2.24, 2.45) is 4.99 Å². The lowest BCUT2D eigenvalue weighted by atomic mass is 10.2. The quantitative estimate of drug-likeness (QED) is 0.585. The summed E-state index contributed by atoms with van der Waals surface area (Å²) in [5.41, 5.74) is 0.860. The Kier molecular flexibility index (Phi) is 7.08. The SMILES string of the molecule is CN=C(NCCN(C(C)C)C(C)C)NCc1ccon1. The van der Waals surface area contributed by atoms with Crippen molar-refractivity contribution < 1.29 is 4.52 Å². The van der Waals surface area contributed by atoms with E-state index in [1.807, 2.05) is 6.07 Å². The molecule has 0 radical (unpaired) electrons. The van der Waals surface area contributed by atoms with Crippen LogP contribution in [0.25, 0.3) is 0 Å². The van der Waals surface area contributed by atoms with Crippen molar-refractivity contribution in [2.45, 2.75) is 46.3 Å². The maximum Gasteiger partial charge on any atom is 0.191 e. The Morgan fingerprint density at radius 3 is 2.50 bits per heavy atom. The zero-order valence-electron chi connectivity index (χ0n) is 13.2. The first-order chi connectivity index (χ1) is 9.54. The van der Waals surface area contributed by atoms with Crippen LogP contribution in [0.5, 0.6) is 0 Å². The maximum atomic E-state index is 4.79. The van der Waals surface area contributed by atoms with Gasteiger partial charge in [-0.2, -0.15) is 0 Å². The van der Waals surface area contributed by atoms with E-state index >= 15 is 0 Å². The number of hydrogen-bond acceptors (Lipinski definition) is 4. The smallest absolute Gasteiger partial charge is 0.191 e. The van der Waals surface area contributed by atoms with Gasteiger partial charge < -0.3 is 15.2 Å². The second-order valence-corrected chi connectivity index (χ2v) is 5.27. The molecular formula is C14H27N5O. The Balaban J connectivity index is 2.31. The average molecular weight is 281 g/mol. The number of rotatable bonds is 7. The third-order valence-electron chi connectivity index (χ3n) is 3.14. The third-order valence-corrected chi connectivity index (χ3v) is 3.14. The van der Waals surface area contributed by atoms with Crippen LogP contribution in [0.4, 0.5) is 0 Å². The molecule has 0 aromatic carbocycles. The number of aliphatic imine (C=N–C) groups is 1. The monoisotopic (exact) mass is 281 g/mol. The summed E-state index contributed by atoms with van der Waals surface area (Å²) in [5, 5.41) is 10.4. The summed E-state index contributed by atoms with van der Waals surface area (Å²) in [5.74, 6) is 0.778. The molecule has 0 aliphatic heterocycles. The highest BCUT2D eigenvalue weighted by Crippen LogP contribution is 2.03. The van der Waals surface area contributed by atoms with Gasteiger partial charge in [-0.3, -0.25) is 9.89 Å². The highest BCUT2D eigenvalue weighted by molar-refractivity contribution is 5.79. The van der Waals surface area contributed by atoms with E-state index in [0.29, 0.717) is 18.6 Å². The topological polar surface area (TPSA) is 65.7 Å². The first-order valence-electron chi connectivity index (χ1n) is 7.14. The van der Waals surface area contributed by atoms with E-state index in [0.717, 1.165) is 24.7 Å². The van der Waals surface area contributed by atoms with E-state index in [1.165, 1.54) is 0 Å². The van der Waals surface area contributed by atoms with E-state index in [2.05, 4.69) is 53.4 Å². The number of nitrogens with one attached hydrogen (secondary N) is 2. The van der Waals surface area contributed by atoms with Crippen molar-refractivity contribution >= 4 is 5.96 Å². The molecule has 0 atom stereocenters. The first-order valence-corrected chi connectivity index (χ1v) is 7.14. The van der Waals surface area contributed by atoms with Crippen molar-refractivity contribution in [3.05, 3.63) is 18.0 Å². The van der Waals surface area contributed by atoms with E-state index in [1.54, 1.807) is 13.3 Å². The standard InChI is InChI=1S/C14H27N5O/c1-11(2)19(12(3)4)8-7-16-14(15-5)17-10-13-6-9-20-18-13/h6,9,11-12H,7-8,10H2,1-5H3,(H2,15,16,17). The van der Waals surface area contributed by atoms with Gasteiger partial charge in [-0.05, 0) is 27.7 Å². The van der Waals surface area contributed by atoms with Crippen LogP contribution >= 0.6 is 0 Å². The van der Waals surface area contributed by atoms with Gasteiger partial charge in [-0.25, -0.2) is 0 Å². The molecule has 20 heavy (non-hydrogen) atoms. The summed E-state index contributed by atoms with van der Waals surface area (Å²) in [7, 11) is 1.76. The zero-order valence-corrected chi connectivity index (χ0v) is 13.2. The van der Waals surface area contributed by atoms with Crippen LogP contribution in [0.1, 0.15) is 33.4 Å². The summed E-state index contributed by atoms with van der Waals surface area (Å²) >= 11 is 0. The predicted molar refractivity (Wildman–Crippen MR) is 81.7 cm³/mol. The lowest BCUT2D eigenvalue weighted by molar-refractivity contribution is 0.178. The molecule has 1 rings (SSSR count). The molecule has 114 valence electrons. The summed E-state index contributed by atoms with van der Waals surface area (Å²) in [6, 6.07) is 2.92. The number of aromatic nitrogens is 1. The molecule has 0 unspecified atom stereocenters. The Hall–Kier alpha value is -1.56. The second-order valence-electron chi connectivity index (χ2n) is 5.27. The number of guanidine groups is 1. The van der Waals surface area contributed by atoms with Crippen molar-refractivity contribution in [1.29, 1.82) is 0 Å². The molecule has 0 saturated carbocycles.